The Morgan fingerprint density at radius 2 is 1.91 bits per heavy atom. The van der Waals surface area contributed by atoms with E-state index in [-0.39, 0.29) is 5.91 Å². The first-order valence-electron chi connectivity index (χ1n) is 7.21. The van der Waals surface area contributed by atoms with Gasteiger partial charge in [-0.2, -0.15) is 0 Å². The quantitative estimate of drug-likeness (QED) is 0.908. The number of carbonyl (C=O) groups is 2. The number of anilines is 1. The van der Waals surface area contributed by atoms with Gasteiger partial charge >= 0.3 is 6.09 Å². The number of amides is 2. The lowest BCUT2D eigenvalue weighted by Crippen LogP contribution is -2.46. The zero-order valence-electron chi connectivity index (χ0n) is 13.4. The van der Waals surface area contributed by atoms with Gasteiger partial charge in [-0.15, -0.1) is 11.8 Å². The molecule has 1 aromatic carbocycles. The number of thioether (sulfide) groups is 1. The monoisotopic (exact) mass is 322 g/mol. The number of hydrogen-bond donors (Lipinski definition) is 1. The van der Waals surface area contributed by atoms with E-state index < -0.39 is 17.7 Å². The molecule has 0 spiro atoms. The summed E-state index contributed by atoms with van der Waals surface area (Å²) in [4.78, 5) is 26.1. The van der Waals surface area contributed by atoms with Gasteiger partial charge in [-0.1, -0.05) is 17.7 Å². The topological polar surface area (TPSA) is 58.6 Å². The molecule has 0 radical (unpaired) electrons. The van der Waals surface area contributed by atoms with Crippen molar-refractivity contribution in [1.82, 2.24) is 4.90 Å². The fourth-order valence-corrected chi connectivity index (χ4v) is 3.16. The van der Waals surface area contributed by atoms with Crippen molar-refractivity contribution in [3.63, 3.8) is 0 Å². The second-order valence-electron chi connectivity index (χ2n) is 6.32. The van der Waals surface area contributed by atoms with E-state index in [0.717, 1.165) is 11.3 Å². The minimum Gasteiger partial charge on any atom is -0.444 e. The van der Waals surface area contributed by atoms with E-state index >= 15 is 0 Å². The van der Waals surface area contributed by atoms with Crippen LogP contribution in [0.5, 0.6) is 0 Å². The minimum atomic E-state index is -0.567. The molecule has 120 valence electrons. The van der Waals surface area contributed by atoms with Crippen molar-refractivity contribution in [1.29, 1.82) is 0 Å². The Morgan fingerprint density at radius 1 is 1.27 bits per heavy atom. The van der Waals surface area contributed by atoms with Crippen molar-refractivity contribution in [2.45, 2.75) is 39.3 Å². The third-order valence-corrected chi connectivity index (χ3v) is 4.14. The molecule has 2 amide bonds. The van der Waals surface area contributed by atoms with Crippen LogP contribution in [0.15, 0.2) is 24.3 Å². The molecular weight excluding hydrogens is 300 g/mol. The van der Waals surface area contributed by atoms with Crippen LogP contribution in [0.4, 0.5) is 10.5 Å². The minimum absolute atomic E-state index is 0.181. The maximum absolute atomic E-state index is 12.4. The first-order valence-corrected chi connectivity index (χ1v) is 8.36. The highest BCUT2D eigenvalue weighted by molar-refractivity contribution is 7.99. The summed E-state index contributed by atoms with van der Waals surface area (Å²) in [6.45, 7) is 7.43. The van der Waals surface area contributed by atoms with Crippen LogP contribution in [0.2, 0.25) is 0 Å². The number of benzene rings is 1. The lowest BCUT2D eigenvalue weighted by Gasteiger charge is -2.27. The van der Waals surface area contributed by atoms with Crippen LogP contribution >= 0.6 is 11.8 Å². The fraction of sp³-hybridized carbons (Fsp3) is 0.500. The molecule has 2 rings (SSSR count). The number of carbonyl (C=O) groups excluding carboxylic acids is 2. The SMILES string of the molecule is Cc1ccc(NC(=O)C2CSCN2C(=O)OC(C)(C)C)cc1. The van der Waals surface area contributed by atoms with Gasteiger partial charge in [0.2, 0.25) is 5.91 Å². The standard InChI is InChI=1S/C16H22N2O3S/c1-11-5-7-12(8-6-11)17-14(19)13-9-22-10-18(13)15(20)21-16(2,3)4/h5-8,13H,9-10H2,1-4H3,(H,17,19). The molecule has 1 N–H and O–H groups in total. The number of rotatable bonds is 2. The molecule has 0 aromatic heterocycles. The number of nitrogens with zero attached hydrogens (tertiary/aromatic N) is 1. The average molecular weight is 322 g/mol. The Morgan fingerprint density at radius 3 is 2.50 bits per heavy atom. The largest absolute Gasteiger partial charge is 0.444 e. The third kappa shape index (κ3) is 4.40. The lowest BCUT2D eigenvalue weighted by atomic mass is 10.2. The third-order valence-electron chi connectivity index (χ3n) is 3.13. The van der Waals surface area contributed by atoms with Crippen LogP contribution in [0.25, 0.3) is 0 Å². The molecule has 0 bridgehead atoms. The first kappa shape index (κ1) is 16.7. The summed E-state index contributed by atoms with van der Waals surface area (Å²) in [6, 6.07) is 7.08. The van der Waals surface area contributed by atoms with Crippen LogP contribution in [0.1, 0.15) is 26.3 Å². The summed E-state index contributed by atoms with van der Waals surface area (Å²) >= 11 is 1.55. The molecule has 6 heteroatoms. The molecule has 1 saturated heterocycles. The van der Waals surface area contributed by atoms with E-state index in [1.165, 1.54) is 4.90 Å². The van der Waals surface area contributed by atoms with Crippen molar-refractivity contribution in [2.24, 2.45) is 0 Å². The highest BCUT2D eigenvalue weighted by Crippen LogP contribution is 2.24. The van der Waals surface area contributed by atoms with Crippen molar-refractivity contribution < 1.29 is 14.3 Å². The van der Waals surface area contributed by atoms with Crippen LogP contribution in [-0.4, -0.2) is 40.2 Å². The van der Waals surface area contributed by atoms with Gasteiger partial charge in [-0.3, -0.25) is 9.69 Å². The second kappa shape index (κ2) is 6.60. The van der Waals surface area contributed by atoms with Gasteiger partial charge in [-0.05, 0) is 39.8 Å². The molecular formula is C16H22N2O3S. The zero-order chi connectivity index (χ0) is 16.3. The van der Waals surface area contributed by atoms with E-state index in [1.807, 2.05) is 52.0 Å². The summed E-state index contributed by atoms with van der Waals surface area (Å²) in [7, 11) is 0. The van der Waals surface area contributed by atoms with Crippen LogP contribution in [0, 0.1) is 6.92 Å². The van der Waals surface area contributed by atoms with Crippen LogP contribution in [0.3, 0.4) is 0 Å². The number of ether oxygens (including phenoxy) is 1. The van der Waals surface area contributed by atoms with Crippen LogP contribution in [-0.2, 0) is 9.53 Å². The molecule has 1 heterocycles. The van der Waals surface area contributed by atoms with Crippen molar-refractivity contribution in [3.8, 4) is 0 Å². The summed E-state index contributed by atoms with van der Waals surface area (Å²) < 4.78 is 5.36. The Bertz CT molecular complexity index is 552. The fourth-order valence-electron chi connectivity index (χ4n) is 2.02. The molecule has 1 aliphatic rings. The summed E-state index contributed by atoms with van der Waals surface area (Å²) in [5.74, 6) is 0.873. The van der Waals surface area contributed by atoms with E-state index in [9.17, 15) is 9.59 Å². The summed E-state index contributed by atoms with van der Waals surface area (Å²) in [5.41, 5.74) is 1.30. The lowest BCUT2D eigenvalue weighted by molar-refractivity contribution is -0.120. The number of hydrogen-bond acceptors (Lipinski definition) is 4. The van der Waals surface area contributed by atoms with Gasteiger partial charge in [0.15, 0.2) is 0 Å². The number of aryl methyl sites for hydroxylation is 1. The highest BCUT2D eigenvalue weighted by atomic mass is 32.2. The Hall–Kier alpha value is -1.69. The van der Waals surface area contributed by atoms with Gasteiger partial charge < -0.3 is 10.1 Å². The predicted octanol–water partition coefficient (Wildman–Crippen LogP) is 3.24. The second-order valence-corrected chi connectivity index (χ2v) is 7.32. The van der Waals surface area contributed by atoms with Gasteiger partial charge in [0, 0.05) is 11.4 Å². The maximum Gasteiger partial charge on any atom is 0.411 e. The Kier molecular flexibility index (Phi) is 5.01. The average Bonchev–Trinajstić information content (AvgIpc) is 2.89. The molecule has 1 aliphatic heterocycles. The molecule has 1 atom stereocenters. The van der Waals surface area contributed by atoms with E-state index in [0.29, 0.717) is 11.6 Å². The molecule has 0 saturated carbocycles. The molecule has 22 heavy (non-hydrogen) atoms. The summed E-state index contributed by atoms with van der Waals surface area (Å²) in [5, 5.41) is 2.86. The van der Waals surface area contributed by atoms with Gasteiger partial charge in [-0.25, -0.2) is 4.79 Å². The molecule has 1 unspecified atom stereocenters. The maximum atomic E-state index is 12.4. The van der Waals surface area contributed by atoms with Crippen LogP contribution < -0.4 is 5.32 Å². The smallest absolute Gasteiger partial charge is 0.411 e. The molecule has 1 fully saturated rings. The van der Waals surface area contributed by atoms with E-state index in [1.54, 1.807) is 11.8 Å². The zero-order valence-corrected chi connectivity index (χ0v) is 14.2. The van der Waals surface area contributed by atoms with E-state index in [4.69, 9.17) is 4.74 Å². The Labute approximate surface area is 135 Å². The van der Waals surface area contributed by atoms with E-state index in [2.05, 4.69) is 5.32 Å². The van der Waals surface area contributed by atoms with Crippen molar-refractivity contribution in [3.05, 3.63) is 29.8 Å². The Balaban J connectivity index is 2.01. The normalized spacial score (nSPS) is 18.2. The van der Waals surface area contributed by atoms with Gasteiger partial charge in [0.1, 0.15) is 11.6 Å². The molecule has 5 nitrogen and oxygen atoms in total. The molecule has 1 aromatic rings. The van der Waals surface area contributed by atoms with Crippen molar-refractivity contribution in [2.75, 3.05) is 16.9 Å². The molecule has 0 aliphatic carbocycles. The highest BCUT2D eigenvalue weighted by Gasteiger charge is 2.37. The number of nitrogens with one attached hydrogen (secondary N) is 1. The van der Waals surface area contributed by atoms with Gasteiger partial charge in [0.25, 0.3) is 0 Å². The van der Waals surface area contributed by atoms with Crippen molar-refractivity contribution >= 4 is 29.4 Å². The predicted molar refractivity (Wildman–Crippen MR) is 89.0 cm³/mol. The van der Waals surface area contributed by atoms with Gasteiger partial charge in [0.05, 0.1) is 5.88 Å². The first-order chi connectivity index (χ1) is 10.3. The summed E-state index contributed by atoms with van der Waals surface area (Å²) in [6.07, 6.45) is -0.443.